The van der Waals surface area contributed by atoms with Gasteiger partial charge in [-0.3, -0.25) is 14.5 Å². The second-order valence-corrected chi connectivity index (χ2v) is 7.74. The Morgan fingerprint density at radius 1 is 1.21 bits per heavy atom. The summed E-state index contributed by atoms with van der Waals surface area (Å²) in [6.45, 7) is 4.14. The van der Waals surface area contributed by atoms with E-state index in [9.17, 15) is 9.59 Å². The lowest BCUT2D eigenvalue weighted by Gasteiger charge is -2.29. The van der Waals surface area contributed by atoms with Crippen molar-refractivity contribution in [3.63, 3.8) is 0 Å². The minimum absolute atomic E-state index is 0.0171. The lowest BCUT2D eigenvalue weighted by atomic mass is 10.00. The van der Waals surface area contributed by atoms with Gasteiger partial charge in [0.15, 0.2) is 12.4 Å². The fourth-order valence-corrected chi connectivity index (χ4v) is 3.74. The highest BCUT2D eigenvalue weighted by atomic mass is 32.1. The summed E-state index contributed by atoms with van der Waals surface area (Å²) >= 11 is 1.51. The van der Waals surface area contributed by atoms with E-state index >= 15 is 0 Å². The van der Waals surface area contributed by atoms with E-state index in [1.165, 1.54) is 21.8 Å². The van der Waals surface area contributed by atoms with Crippen LogP contribution < -0.4 is 9.64 Å². The third-order valence-electron chi connectivity index (χ3n) is 4.83. The smallest absolute Gasteiger partial charge is 0.265 e. The normalized spacial score (nSPS) is 13.4. The Hall–Kier alpha value is -2.99. The predicted molar refractivity (Wildman–Crippen MR) is 110 cm³/mol. The van der Waals surface area contributed by atoms with Crippen LogP contribution in [0.1, 0.15) is 35.7 Å². The van der Waals surface area contributed by atoms with Crippen molar-refractivity contribution in [2.45, 2.75) is 19.8 Å². The first-order valence-electron chi connectivity index (χ1n) is 9.12. The average Bonchev–Trinajstić information content (AvgIpc) is 3.24. The molecule has 0 atom stereocenters. The summed E-state index contributed by atoms with van der Waals surface area (Å²) < 4.78 is 5.55. The lowest BCUT2D eigenvalue weighted by molar-refractivity contribution is -0.121. The van der Waals surface area contributed by atoms with Crippen LogP contribution in [0.3, 0.4) is 0 Å². The van der Waals surface area contributed by atoms with E-state index in [0.717, 1.165) is 11.3 Å². The summed E-state index contributed by atoms with van der Waals surface area (Å²) in [6, 6.07) is 13.2. The number of nitrogens with zero attached hydrogens (tertiary/aromatic N) is 2. The van der Waals surface area contributed by atoms with Crippen LogP contribution in [0.2, 0.25) is 0 Å². The highest BCUT2D eigenvalue weighted by Gasteiger charge is 2.28. The molecule has 4 rings (SSSR count). The quantitative estimate of drug-likeness (QED) is 0.598. The van der Waals surface area contributed by atoms with Crippen molar-refractivity contribution in [3.8, 4) is 17.0 Å². The third kappa shape index (κ3) is 3.55. The van der Waals surface area contributed by atoms with Gasteiger partial charge in [-0.25, -0.2) is 4.98 Å². The monoisotopic (exact) mass is 392 g/mol. The van der Waals surface area contributed by atoms with Gasteiger partial charge in [0, 0.05) is 16.5 Å². The lowest BCUT2D eigenvalue weighted by Crippen LogP contribution is -2.42. The summed E-state index contributed by atoms with van der Waals surface area (Å²) in [5, 5.41) is 1.94. The molecule has 0 unspecified atom stereocenters. The van der Waals surface area contributed by atoms with Crippen molar-refractivity contribution in [1.82, 2.24) is 4.98 Å². The molecule has 1 amide bonds. The van der Waals surface area contributed by atoms with E-state index in [1.807, 2.05) is 47.8 Å². The minimum atomic E-state index is -0.227. The minimum Gasteiger partial charge on any atom is -0.482 e. The molecule has 2 heterocycles. The van der Waals surface area contributed by atoms with Gasteiger partial charge in [-0.1, -0.05) is 38.1 Å². The highest BCUT2D eigenvalue weighted by Crippen LogP contribution is 2.36. The molecular weight excluding hydrogens is 372 g/mol. The SMILES string of the molecule is CC(C)c1ccc(C(=O)CN2C(=O)COc3ccc(-c4cscn4)cc32)cc1. The number of benzene rings is 2. The topological polar surface area (TPSA) is 59.5 Å². The Balaban J connectivity index is 1.62. The molecule has 0 spiro atoms. The van der Waals surface area contributed by atoms with Gasteiger partial charge in [0.1, 0.15) is 5.75 Å². The molecule has 6 heteroatoms. The third-order valence-corrected chi connectivity index (χ3v) is 5.42. The number of hydrogen-bond donors (Lipinski definition) is 0. The summed E-state index contributed by atoms with van der Waals surface area (Å²) in [7, 11) is 0. The number of ketones is 1. The van der Waals surface area contributed by atoms with Gasteiger partial charge in [0.05, 0.1) is 23.4 Å². The molecule has 28 heavy (non-hydrogen) atoms. The number of amides is 1. The molecule has 2 aromatic carbocycles. The molecule has 0 bridgehead atoms. The van der Waals surface area contributed by atoms with Crippen LogP contribution >= 0.6 is 11.3 Å². The maximum absolute atomic E-state index is 12.8. The van der Waals surface area contributed by atoms with Gasteiger partial charge < -0.3 is 4.74 Å². The number of fused-ring (bicyclic) bond motifs is 1. The fraction of sp³-hybridized carbons (Fsp3) is 0.227. The largest absolute Gasteiger partial charge is 0.482 e. The molecule has 0 saturated carbocycles. The van der Waals surface area contributed by atoms with Crippen LogP contribution in [0.15, 0.2) is 53.4 Å². The molecule has 0 fully saturated rings. The van der Waals surface area contributed by atoms with Crippen LogP contribution in [-0.4, -0.2) is 29.8 Å². The standard InChI is InChI=1S/C22H20N2O3S/c1-14(2)15-3-5-16(6-4-15)20(25)10-24-19-9-17(18-12-28-13-23-18)7-8-21(19)27-11-22(24)26/h3-9,12-14H,10-11H2,1-2H3. The number of rotatable bonds is 5. The summed E-state index contributed by atoms with van der Waals surface area (Å²) in [5.41, 5.74) is 5.86. The number of anilines is 1. The summed E-state index contributed by atoms with van der Waals surface area (Å²) in [5.74, 6) is 0.674. The van der Waals surface area contributed by atoms with E-state index in [4.69, 9.17) is 4.74 Å². The van der Waals surface area contributed by atoms with Crippen LogP contribution in [0.4, 0.5) is 5.69 Å². The maximum Gasteiger partial charge on any atom is 0.265 e. The summed E-state index contributed by atoms with van der Waals surface area (Å²) in [6.07, 6.45) is 0. The number of carbonyl (C=O) groups is 2. The van der Waals surface area contributed by atoms with Crippen molar-refractivity contribution < 1.29 is 14.3 Å². The first-order valence-corrected chi connectivity index (χ1v) is 10.1. The molecule has 1 aliphatic heterocycles. The first-order chi connectivity index (χ1) is 13.5. The van der Waals surface area contributed by atoms with Crippen molar-refractivity contribution in [2.24, 2.45) is 0 Å². The fourth-order valence-electron chi connectivity index (χ4n) is 3.18. The first kappa shape index (κ1) is 18.4. The molecule has 0 saturated heterocycles. The van der Waals surface area contributed by atoms with Gasteiger partial charge >= 0.3 is 0 Å². The number of carbonyl (C=O) groups excluding carboxylic acids is 2. The van der Waals surface area contributed by atoms with Crippen molar-refractivity contribution in [1.29, 1.82) is 0 Å². The second kappa shape index (κ2) is 7.56. The Bertz CT molecular complexity index is 1010. The van der Waals surface area contributed by atoms with Crippen molar-refractivity contribution in [2.75, 3.05) is 18.1 Å². The van der Waals surface area contributed by atoms with Gasteiger partial charge in [0.2, 0.25) is 0 Å². The number of aromatic nitrogens is 1. The Morgan fingerprint density at radius 2 is 2.00 bits per heavy atom. The number of hydrogen-bond acceptors (Lipinski definition) is 5. The van der Waals surface area contributed by atoms with Gasteiger partial charge in [-0.05, 0) is 29.7 Å². The molecule has 3 aromatic rings. The number of thiazole rings is 1. The molecule has 0 N–H and O–H groups in total. The molecular formula is C22H20N2O3S. The van der Waals surface area contributed by atoms with Gasteiger partial charge in [-0.2, -0.15) is 0 Å². The summed E-state index contributed by atoms with van der Waals surface area (Å²) in [4.78, 5) is 31.1. The molecule has 1 aliphatic rings. The zero-order chi connectivity index (χ0) is 19.7. The van der Waals surface area contributed by atoms with Crippen LogP contribution in [0.5, 0.6) is 5.75 Å². The molecule has 142 valence electrons. The molecule has 5 nitrogen and oxygen atoms in total. The molecule has 0 aliphatic carbocycles. The zero-order valence-electron chi connectivity index (χ0n) is 15.7. The van der Waals surface area contributed by atoms with Crippen LogP contribution in [-0.2, 0) is 4.79 Å². The Morgan fingerprint density at radius 3 is 2.68 bits per heavy atom. The second-order valence-electron chi connectivity index (χ2n) is 7.02. The van der Waals surface area contributed by atoms with Gasteiger partial charge in [0.25, 0.3) is 5.91 Å². The van der Waals surface area contributed by atoms with Crippen LogP contribution in [0, 0.1) is 0 Å². The number of Topliss-reactive ketones (excluding diaryl/α,β-unsaturated/α-hetero) is 1. The Labute approximate surface area is 167 Å². The maximum atomic E-state index is 12.8. The van der Waals surface area contributed by atoms with E-state index < -0.39 is 0 Å². The number of ether oxygens (including phenoxy) is 1. The van der Waals surface area contributed by atoms with E-state index in [2.05, 4.69) is 18.8 Å². The van der Waals surface area contributed by atoms with Crippen molar-refractivity contribution >= 4 is 28.7 Å². The molecule has 0 radical (unpaired) electrons. The Kier molecular flexibility index (Phi) is 4.96. The zero-order valence-corrected chi connectivity index (χ0v) is 16.5. The van der Waals surface area contributed by atoms with Crippen molar-refractivity contribution in [3.05, 3.63) is 64.5 Å². The van der Waals surface area contributed by atoms with E-state index in [0.29, 0.717) is 22.9 Å². The predicted octanol–water partition coefficient (Wildman–Crippen LogP) is 4.54. The highest BCUT2D eigenvalue weighted by molar-refractivity contribution is 7.07. The molecule has 1 aromatic heterocycles. The van der Waals surface area contributed by atoms with Crippen LogP contribution in [0.25, 0.3) is 11.3 Å². The van der Waals surface area contributed by atoms with E-state index in [1.54, 1.807) is 5.51 Å². The van der Waals surface area contributed by atoms with Gasteiger partial charge in [-0.15, -0.1) is 11.3 Å². The van der Waals surface area contributed by atoms with E-state index in [-0.39, 0.29) is 24.8 Å². The average molecular weight is 392 g/mol.